The van der Waals surface area contributed by atoms with Crippen LogP contribution in [-0.4, -0.2) is 50.8 Å². The van der Waals surface area contributed by atoms with Crippen molar-refractivity contribution in [3.63, 3.8) is 0 Å². The van der Waals surface area contributed by atoms with Gasteiger partial charge in [0, 0.05) is 13.1 Å². The Kier molecular flexibility index (Phi) is 5.50. The van der Waals surface area contributed by atoms with Crippen LogP contribution in [0.3, 0.4) is 0 Å². The van der Waals surface area contributed by atoms with Crippen LogP contribution >= 0.6 is 0 Å². The number of hydrogen-bond acceptors (Lipinski definition) is 5. The first-order chi connectivity index (χ1) is 10.2. The third kappa shape index (κ3) is 3.50. The lowest BCUT2D eigenvalue weighted by atomic mass is 10.3. The summed E-state index contributed by atoms with van der Waals surface area (Å²) >= 11 is 0. The van der Waals surface area contributed by atoms with Gasteiger partial charge >= 0.3 is 0 Å². The van der Waals surface area contributed by atoms with Crippen LogP contribution in [-0.2, 0) is 6.54 Å². The predicted molar refractivity (Wildman–Crippen MR) is 86.6 cm³/mol. The molecule has 6 nitrogen and oxygen atoms in total. The molecule has 0 aliphatic heterocycles. The summed E-state index contributed by atoms with van der Waals surface area (Å²) in [5, 5.41) is 7.96. The van der Waals surface area contributed by atoms with Gasteiger partial charge in [-0.15, -0.1) is 0 Å². The molecule has 1 N–H and O–H groups in total. The Hall–Kier alpha value is -1.69. The molecule has 0 radical (unpaired) electrons. The molecule has 2 aromatic rings. The average Bonchev–Trinajstić information content (AvgIpc) is 2.85. The van der Waals surface area contributed by atoms with Crippen LogP contribution in [0.2, 0.25) is 0 Å². The largest absolute Gasteiger partial charge is 0.368 e. The minimum atomic E-state index is 0.825. The van der Waals surface area contributed by atoms with E-state index in [2.05, 4.69) is 46.1 Å². The van der Waals surface area contributed by atoms with E-state index in [1.807, 2.05) is 11.6 Å². The van der Waals surface area contributed by atoms with Gasteiger partial charge in [0.1, 0.15) is 17.4 Å². The highest BCUT2D eigenvalue weighted by Gasteiger charge is 2.12. The van der Waals surface area contributed by atoms with Crippen molar-refractivity contribution in [1.82, 2.24) is 24.6 Å². The Morgan fingerprint density at radius 3 is 2.62 bits per heavy atom. The molecular weight excluding hydrogens is 264 g/mol. The van der Waals surface area contributed by atoms with Crippen LogP contribution in [0.5, 0.6) is 0 Å². The number of nitrogens with one attached hydrogen (secondary N) is 1. The lowest BCUT2D eigenvalue weighted by molar-refractivity contribution is 0.303. The van der Waals surface area contributed by atoms with Gasteiger partial charge in [-0.1, -0.05) is 13.8 Å². The van der Waals surface area contributed by atoms with E-state index in [1.54, 1.807) is 6.33 Å². The fourth-order valence-electron chi connectivity index (χ4n) is 2.57. The van der Waals surface area contributed by atoms with Crippen molar-refractivity contribution in [3.8, 4) is 0 Å². The van der Waals surface area contributed by atoms with E-state index in [-0.39, 0.29) is 0 Å². The fourth-order valence-corrected chi connectivity index (χ4v) is 2.57. The zero-order valence-corrected chi connectivity index (χ0v) is 13.6. The van der Waals surface area contributed by atoms with E-state index in [0.29, 0.717) is 0 Å². The van der Waals surface area contributed by atoms with E-state index >= 15 is 0 Å². The molecule has 0 aliphatic rings. The summed E-state index contributed by atoms with van der Waals surface area (Å²) in [5.74, 6) is 0.891. The molecule has 2 aromatic heterocycles. The van der Waals surface area contributed by atoms with Gasteiger partial charge in [0.2, 0.25) is 0 Å². The summed E-state index contributed by atoms with van der Waals surface area (Å²) in [4.78, 5) is 11.2. The standard InChI is InChI=1S/C15H26N6/c1-5-20(6-2)10-8-9-16-15-14-13(17-11-18-15)12(4)19-21(14)7-3/h11H,5-10H2,1-4H3,(H,16,17,18). The molecule has 2 rings (SSSR count). The number of hydrogen-bond donors (Lipinski definition) is 1. The van der Waals surface area contributed by atoms with Crippen molar-refractivity contribution < 1.29 is 0 Å². The number of anilines is 1. The van der Waals surface area contributed by atoms with Crippen molar-refractivity contribution in [2.75, 3.05) is 31.5 Å². The minimum Gasteiger partial charge on any atom is -0.368 e. The second kappa shape index (κ2) is 7.36. The maximum absolute atomic E-state index is 4.52. The predicted octanol–water partition coefficient (Wildman–Crippen LogP) is 2.30. The van der Waals surface area contributed by atoms with E-state index in [0.717, 1.165) is 61.7 Å². The number of fused-ring (bicyclic) bond motifs is 1. The van der Waals surface area contributed by atoms with Crippen LogP contribution in [0.15, 0.2) is 6.33 Å². The molecular formula is C15H26N6. The molecule has 0 atom stereocenters. The van der Waals surface area contributed by atoms with Gasteiger partial charge < -0.3 is 10.2 Å². The summed E-state index contributed by atoms with van der Waals surface area (Å²) in [7, 11) is 0. The van der Waals surface area contributed by atoms with Gasteiger partial charge in [-0.3, -0.25) is 4.68 Å². The Bertz CT molecular complexity index is 573. The molecule has 0 fully saturated rings. The van der Waals surface area contributed by atoms with Crippen molar-refractivity contribution in [2.45, 2.75) is 40.7 Å². The highest BCUT2D eigenvalue weighted by Crippen LogP contribution is 2.21. The molecule has 0 saturated heterocycles. The monoisotopic (exact) mass is 290 g/mol. The zero-order chi connectivity index (χ0) is 15.2. The first kappa shape index (κ1) is 15.7. The molecule has 2 heterocycles. The SMILES string of the molecule is CCN(CC)CCCNc1ncnc2c(C)nn(CC)c12. The molecule has 0 saturated carbocycles. The second-order valence-electron chi connectivity index (χ2n) is 5.13. The van der Waals surface area contributed by atoms with E-state index in [1.165, 1.54) is 0 Å². The molecule has 0 aliphatic carbocycles. The zero-order valence-electron chi connectivity index (χ0n) is 13.6. The maximum Gasteiger partial charge on any atom is 0.155 e. The van der Waals surface area contributed by atoms with E-state index in [9.17, 15) is 0 Å². The summed E-state index contributed by atoms with van der Waals surface area (Å²) in [6.07, 6.45) is 2.72. The Labute approximate surface area is 126 Å². The van der Waals surface area contributed by atoms with E-state index in [4.69, 9.17) is 0 Å². The second-order valence-corrected chi connectivity index (χ2v) is 5.13. The first-order valence-electron chi connectivity index (χ1n) is 7.85. The molecule has 0 aromatic carbocycles. The van der Waals surface area contributed by atoms with Gasteiger partial charge in [0.15, 0.2) is 5.82 Å². The molecule has 116 valence electrons. The van der Waals surface area contributed by atoms with Crippen LogP contribution in [0, 0.1) is 6.92 Å². The van der Waals surface area contributed by atoms with Crippen molar-refractivity contribution in [2.24, 2.45) is 0 Å². The fraction of sp³-hybridized carbons (Fsp3) is 0.667. The van der Waals surface area contributed by atoms with Gasteiger partial charge in [-0.2, -0.15) is 5.10 Å². The van der Waals surface area contributed by atoms with Crippen LogP contribution in [0.25, 0.3) is 11.0 Å². The maximum atomic E-state index is 4.52. The topological polar surface area (TPSA) is 58.9 Å². The summed E-state index contributed by atoms with van der Waals surface area (Å²) in [5.41, 5.74) is 2.92. The molecule has 0 amide bonds. The summed E-state index contributed by atoms with van der Waals surface area (Å²) in [6.45, 7) is 13.5. The third-order valence-electron chi connectivity index (χ3n) is 3.83. The molecule has 0 unspecified atom stereocenters. The highest BCUT2D eigenvalue weighted by molar-refractivity contribution is 5.87. The lowest BCUT2D eigenvalue weighted by Crippen LogP contribution is -2.25. The van der Waals surface area contributed by atoms with E-state index < -0.39 is 0 Å². The minimum absolute atomic E-state index is 0.825. The highest BCUT2D eigenvalue weighted by atomic mass is 15.3. The van der Waals surface area contributed by atoms with Crippen molar-refractivity contribution in [3.05, 3.63) is 12.0 Å². The smallest absolute Gasteiger partial charge is 0.155 e. The normalized spacial score (nSPS) is 11.5. The van der Waals surface area contributed by atoms with Gasteiger partial charge in [0.05, 0.1) is 5.69 Å². The van der Waals surface area contributed by atoms with Crippen LogP contribution < -0.4 is 5.32 Å². The third-order valence-corrected chi connectivity index (χ3v) is 3.83. The lowest BCUT2D eigenvalue weighted by Gasteiger charge is -2.17. The molecule has 6 heteroatoms. The molecule has 0 bridgehead atoms. The molecule has 0 spiro atoms. The number of aryl methyl sites for hydroxylation is 2. The Balaban J connectivity index is 2.05. The number of aromatic nitrogens is 4. The van der Waals surface area contributed by atoms with Crippen LogP contribution in [0.1, 0.15) is 32.9 Å². The van der Waals surface area contributed by atoms with Crippen molar-refractivity contribution >= 4 is 16.9 Å². The Morgan fingerprint density at radius 2 is 1.95 bits per heavy atom. The quantitative estimate of drug-likeness (QED) is 0.756. The number of rotatable bonds is 8. The molecule has 21 heavy (non-hydrogen) atoms. The van der Waals surface area contributed by atoms with Gasteiger partial charge in [-0.05, 0) is 39.9 Å². The average molecular weight is 290 g/mol. The first-order valence-corrected chi connectivity index (χ1v) is 7.85. The van der Waals surface area contributed by atoms with Crippen LogP contribution in [0.4, 0.5) is 5.82 Å². The van der Waals surface area contributed by atoms with Gasteiger partial charge in [0.25, 0.3) is 0 Å². The summed E-state index contributed by atoms with van der Waals surface area (Å²) < 4.78 is 1.97. The Morgan fingerprint density at radius 1 is 1.19 bits per heavy atom. The van der Waals surface area contributed by atoms with Crippen molar-refractivity contribution in [1.29, 1.82) is 0 Å². The number of nitrogens with zero attached hydrogens (tertiary/aromatic N) is 5. The summed E-state index contributed by atoms with van der Waals surface area (Å²) in [6, 6.07) is 0. The van der Waals surface area contributed by atoms with Gasteiger partial charge in [-0.25, -0.2) is 9.97 Å².